The predicted molar refractivity (Wildman–Crippen MR) is 107 cm³/mol. The van der Waals surface area contributed by atoms with Crippen molar-refractivity contribution in [3.05, 3.63) is 66.4 Å². The SMILES string of the molecule is CCCNc1cc(C(=O)Nc2ccc(OC)cc2)nc(-c2ccccc2)n1. The highest BCUT2D eigenvalue weighted by Crippen LogP contribution is 2.20. The molecule has 0 saturated carbocycles. The molecular weight excluding hydrogens is 340 g/mol. The van der Waals surface area contributed by atoms with Gasteiger partial charge in [-0.3, -0.25) is 4.79 Å². The molecule has 0 saturated heterocycles. The molecule has 3 rings (SSSR count). The third-order valence-electron chi connectivity index (χ3n) is 3.89. The lowest BCUT2D eigenvalue weighted by molar-refractivity contribution is 0.102. The van der Waals surface area contributed by atoms with Crippen molar-refractivity contribution in [1.82, 2.24) is 9.97 Å². The molecule has 3 aromatic rings. The van der Waals surface area contributed by atoms with E-state index in [2.05, 4.69) is 27.5 Å². The smallest absolute Gasteiger partial charge is 0.274 e. The molecule has 6 heteroatoms. The number of rotatable bonds is 7. The normalized spacial score (nSPS) is 10.3. The third kappa shape index (κ3) is 4.82. The Balaban J connectivity index is 1.88. The van der Waals surface area contributed by atoms with Crippen LogP contribution in [-0.2, 0) is 0 Å². The van der Waals surface area contributed by atoms with Crippen LogP contribution >= 0.6 is 0 Å². The molecule has 1 aromatic heterocycles. The molecule has 2 N–H and O–H groups in total. The van der Waals surface area contributed by atoms with Gasteiger partial charge in [-0.05, 0) is 30.7 Å². The summed E-state index contributed by atoms with van der Waals surface area (Å²) in [6.45, 7) is 2.84. The number of hydrogen-bond donors (Lipinski definition) is 2. The number of hydrogen-bond acceptors (Lipinski definition) is 5. The molecule has 0 aliphatic rings. The second-order valence-electron chi connectivity index (χ2n) is 5.94. The molecule has 1 amide bonds. The average Bonchev–Trinajstić information content (AvgIpc) is 2.73. The summed E-state index contributed by atoms with van der Waals surface area (Å²) < 4.78 is 5.14. The van der Waals surface area contributed by atoms with Crippen molar-refractivity contribution in [2.75, 3.05) is 24.3 Å². The van der Waals surface area contributed by atoms with Crippen LogP contribution in [0.4, 0.5) is 11.5 Å². The van der Waals surface area contributed by atoms with Crippen LogP contribution < -0.4 is 15.4 Å². The van der Waals surface area contributed by atoms with Gasteiger partial charge in [0.05, 0.1) is 7.11 Å². The monoisotopic (exact) mass is 362 g/mol. The molecule has 0 bridgehead atoms. The van der Waals surface area contributed by atoms with Gasteiger partial charge in [-0.1, -0.05) is 37.3 Å². The van der Waals surface area contributed by atoms with Gasteiger partial charge in [0, 0.05) is 23.9 Å². The predicted octanol–water partition coefficient (Wildman–Crippen LogP) is 4.23. The van der Waals surface area contributed by atoms with E-state index in [1.54, 1.807) is 37.4 Å². The van der Waals surface area contributed by atoms with E-state index in [0.29, 0.717) is 23.0 Å². The summed E-state index contributed by atoms with van der Waals surface area (Å²) in [5, 5.41) is 6.09. The van der Waals surface area contributed by atoms with Crippen LogP contribution in [0.3, 0.4) is 0 Å². The maximum absolute atomic E-state index is 12.7. The number of nitrogens with zero attached hydrogens (tertiary/aromatic N) is 2. The number of nitrogens with one attached hydrogen (secondary N) is 2. The topological polar surface area (TPSA) is 76.1 Å². The van der Waals surface area contributed by atoms with Crippen LogP contribution in [0.25, 0.3) is 11.4 Å². The molecule has 0 aliphatic carbocycles. The minimum atomic E-state index is -0.292. The lowest BCUT2D eigenvalue weighted by atomic mass is 10.2. The van der Waals surface area contributed by atoms with Crippen LogP contribution in [0.15, 0.2) is 60.7 Å². The highest BCUT2D eigenvalue weighted by atomic mass is 16.5. The summed E-state index contributed by atoms with van der Waals surface area (Å²) in [5.74, 6) is 1.58. The minimum absolute atomic E-state index is 0.292. The fourth-order valence-electron chi connectivity index (χ4n) is 2.49. The number of aromatic nitrogens is 2. The standard InChI is InChI=1S/C21H22N4O2/c1-3-13-22-19-14-18(24-20(25-19)15-7-5-4-6-8-15)21(26)23-16-9-11-17(27-2)12-10-16/h4-12,14H,3,13H2,1-2H3,(H,23,26)(H,22,24,25). The van der Waals surface area contributed by atoms with E-state index < -0.39 is 0 Å². The zero-order valence-corrected chi connectivity index (χ0v) is 15.4. The molecular formula is C21H22N4O2. The van der Waals surface area contributed by atoms with Gasteiger partial charge in [0.25, 0.3) is 5.91 Å². The van der Waals surface area contributed by atoms with E-state index in [-0.39, 0.29) is 5.91 Å². The number of anilines is 2. The molecule has 0 radical (unpaired) electrons. The van der Waals surface area contributed by atoms with Crippen molar-refractivity contribution >= 4 is 17.4 Å². The van der Waals surface area contributed by atoms with Gasteiger partial charge >= 0.3 is 0 Å². The van der Waals surface area contributed by atoms with E-state index in [1.807, 2.05) is 30.3 Å². The van der Waals surface area contributed by atoms with Crippen molar-refractivity contribution in [2.45, 2.75) is 13.3 Å². The maximum Gasteiger partial charge on any atom is 0.274 e. The van der Waals surface area contributed by atoms with E-state index in [4.69, 9.17) is 4.74 Å². The van der Waals surface area contributed by atoms with Crippen LogP contribution in [-0.4, -0.2) is 29.5 Å². The summed E-state index contributed by atoms with van der Waals surface area (Å²) in [5.41, 5.74) is 1.83. The number of ether oxygens (including phenoxy) is 1. The Kier molecular flexibility index (Phi) is 5.99. The first kappa shape index (κ1) is 18.4. The molecule has 6 nitrogen and oxygen atoms in total. The first-order chi connectivity index (χ1) is 13.2. The van der Waals surface area contributed by atoms with Gasteiger partial charge < -0.3 is 15.4 Å². The summed E-state index contributed by atoms with van der Waals surface area (Å²) in [6, 6.07) is 18.4. The van der Waals surface area contributed by atoms with E-state index in [9.17, 15) is 4.79 Å². The van der Waals surface area contributed by atoms with E-state index in [1.165, 1.54) is 0 Å². The molecule has 0 atom stereocenters. The highest BCUT2D eigenvalue weighted by molar-refractivity contribution is 6.03. The zero-order chi connectivity index (χ0) is 19.1. The Morgan fingerprint density at radius 2 is 1.78 bits per heavy atom. The summed E-state index contributed by atoms with van der Waals surface area (Å²) in [6.07, 6.45) is 0.956. The van der Waals surface area contributed by atoms with Crippen molar-refractivity contribution in [3.63, 3.8) is 0 Å². The fraction of sp³-hybridized carbons (Fsp3) is 0.190. The van der Waals surface area contributed by atoms with Gasteiger partial charge in [-0.2, -0.15) is 0 Å². The highest BCUT2D eigenvalue weighted by Gasteiger charge is 2.13. The maximum atomic E-state index is 12.7. The summed E-state index contributed by atoms with van der Waals surface area (Å²) >= 11 is 0. The largest absolute Gasteiger partial charge is 0.497 e. The number of carbonyl (C=O) groups excluding carboxylic acids is 1. The van der Waals surface area contributed by atoms with Gasteiger partial charge in [0.1, 0.15) is 17.3 Å². The van der Waals surface area contributed by atoms with Gasteiger partial charge in [0.15, 0.2) is 5.82 Å². The molecule has 1 heterocycles. The quantitative estimate of drug-likeness (QED) is 0.658. The molecule has 0 spiro atoms. The first-order valence-electron chi connectivity index (χ1n) is 8.83. The number of benzene rings is 2. The average molecular weight is 362 g/mol. The molecule has 2 aromatic carbocycles. The van der Waals surface area contributed by atoms with Crippen molar-refractivity contribution in [3.8, 4) is 17.1 Å². The number of carbonyl (C=O) groups is 1. The van der Waals surface area contributed by atoms with Crippen LogP contribution in [0.2, 0.25) is 0 Å². The van der Waals surface area contributed by atoms with Crippen LogP contribution in [0, 0.1) is 0 Å². The third-order valence-corrected chi connectivity index (χ3v) is 3.89. The Morgan fingerprint density at radius 1 is 1.04 bits per heavy atom. The summed E-state index contributed by atoms with van der Waals surface area (Å²) in [7, 11) is 1.60. The molecule has 138 valence electrons. The molecule has 0 aliphatic heterocycles. The van der Waals surface area contributed by atoms with Crippen molar-refractivity contribution in [1.29, 1.82) is 0 Å². The van der Waals surface area contributed by atoms with Crippen molar-refractivity contribution in [2.24, 2.45) is 0 Å². The van der Waals surface area contributed by atoms with Gasteiger partial charge in [-0.15, -0.1) is 0 Å². The van der Waals surface area contributed by atoms with E-state index >= 15 is 0 Å². The molecule has 27 heavy (non-hydrogen) atoms. The minimum Gasteiger partial charge on any atom is -0.497 e. The second-order valence-corrected chi connectivity index (χ2v) is 5.94. The zero-order valence-electron chi connectivity index (χ0n) is 15.4. The Labute approximate surface area is 158 Å². The van der Waals surface area contributed by atoms with Gasteiger partial charge in [0.2, 0.25) is 0 Å². The lowest BCUT2D eigenvalue weighted by Gasteiger charge is -2.10. The van der Waals surface area contributed by atoms with Crippen LogP contribution in [0.5, 0.6) is 5.75 Å². The summed E-state index contributed by atoms with van der Waals surface area (Å²) in [4.78, 5) is 21.7. The first-order valence-corrected chi connectivity index (χ1v) is 8.83. The Bertz CT molecular complexity index is 896. The Morgan fingerprint density at radius 3 is 2.44 bits per heavy atom. The molecule has 0 fully saturated rings. The number of amides is 1. The fourth-order valence-corrected chi connectivity index (χ4v) is 2.49. The van der Waals surface area contributed by atoms with Gasteiger partial charge in [-0.25, -0.2) is 9.97 Å². The van der Waals surface area contributed by atoms with E-state index in [0.717, 1.165) is 24.3 Å². The number of methoxy groups -OCH3 is 1. The van der Waals surface area contributed by atoms with Crippen LogP contribution in [0.1, 0.15) is 23.8 Å². The second kappa shape index (κ2) is 8.80. The lowest BCUT2D eigenvalue weighted by Crippen LogP contribution is -2.16. The molecule has 0 unspecified atom stereocenters. The van der Waals surface area contributed by atoms with Crippen molar-refractivity contribution < 1.29 is 9.53 Å². The Hall–Kier alpha value is -3.41.